The van der Waals surface area contributed by atoms with Crippen molar-refractivity contribution in [3.05, 3.63) is 34.9 Å². The Morgan fingerprint density at radius 3 is 2.88 bits per heavy atom. The minimum atomic E-state index is 0.286. The van der Waals surface area contributed by atoms with E-state index in [1.807, 2.05) is 0 Å². The first-order valence-corrected chi connectivity index (χ1v) is 9.64. The summed E-state index contributed by atoms with van der Waals surface area (Å²) in [6.07, 6.45) is 5.45. The molecular weight excluding hydrogens is 296 g/mol. The lowest BCUT2D eigenvalue weighted by Gasteiger charge is -2.31. The van der Waals surface area contributed by atoms with Gasteiger partial charge in [0.05, 0.1) is 6.04 Å². The molecule has 3 unspecified atom stereocenters. The molecule has 0 spiro atoms. The molecule has 2 heterocycles. The van der Waals surface area contributed by atoms with Gasteiger partial charge in [0, 0.05) is 13.0 Å². The Morgan fingerprint density at radius 2 is 2.12 bits per heavy atom. The Balaban J connectivity index is 1.68. The molecule has 3 atom stereocenters. The van der Waals surface area contributed by atoms with Crippen molar-refractivity contribution in [2.24, 2.45) is 11.8 Å². The summed E-state index contributed by atoms with van der Waals surface area (Å²) >= 11 is 0. The zero-order valence-corrected chi connectivity index (χ0v) is 15.5. The molecule has 0 aromatic heterocycles. The van der Waals surface area contributed by atoms with Gasteiger partial charge in [0.15, 0.2) is 0 Å². The first kappa shape index (κ1) is 17.5. The van der Waals surface area contributed by atoms with Crippen molar-refractivity contribution in [3.63, 3.8) is 0 Å². The third kappa shape index (κ3) is 3.66. The first-order chi connectivity index (χ1) is 11.6. The summed E-state index contributed by atoms with van der Waals surface area (Å²) in [6.45, 7) is 9.76. The predicted molar refractivity (Wildman–Crippen MR) is 99.0 cm³/mol. The van der Waals surface area contributed by atoms with Crippen LogP contribution in [0, 0.1) is 25.7 Å². The predicted octanol–water partition coefficient (Wildman–Crippen LogP) is 3.99. The summed E-state index contributed by atoms with van der Waals surface area (Å²) in [4.78, 5) is 15.1. The number of piperidine rings is 1. The Kier molecular flexibility index (Phi) is 5.60. The number of nitrogens with zero attached hydrogens (tertiary/aromatic N) is 1. The van der Waals surface area contributed by atoms with Gasteiger partial charge >= 0.3 is 0 Å². The normalized spacial score (nSPS) is 25.7. The quantitative estimate of drug-likeness (QED) is 0.906. The van der Waals surface area contributed by atoms with Crippen molar-refractivity contribution < 1.29 is 4.79 Å². The fourth-order valence-corrected chi connectivity index (χ4v) is 4.45. The highest BCUT2D eigenvalue weighted by molar-refractivity contribution is 5.77. The first-order valence-electron chi connectivity index (χ1n) is 9.64. The Bertz CT molecular complexity index is 577. The van der Waals surface area contributed by atoms with E-state index >= 15 is 0 Å². The summed E-state index contributed by atoms with van der Waals surface area (Å²) in [5.41, 5.74) is 4.04. The van der Waals surface area contributed by atoms with Gasteiger partial charge in [-0.15, -0.1) is 0 Å². The maximum absolute atomic E-state index is 13.0. The van der Waals surface area contributed by atoms with Gasteiger partial charge in [-0.3, -0.25) is 4.79 Å². The minimum Gasteiger partial charge on any atom is -0.336 e. The summed E-state index contributed by atoms with van der Waals surface area (Å²) in [5.74, 6) is 1.49. The molecule has 1 aromatic rings. The van der Waals surface area contributed by atoms with Gasteiger partial charge in [-0.25, -0.2) is 0 Å². The summed E-state index contributed by atoms with van der Waals surface area (Å²) in [7, 11) is 0. The molecule has 1 aromatic carbocycles. The van der Waals surface area contributed by atoms with Crippen LogP contribution in [0.1, 0.15) is 61.8 Å². The summed E-state index contributed by atoms with van der Waals surface area (Å²) in [5, 5.41) is 3.48. The van der Waals surface area contributed by atoms with E-state index in [1.165, 1.54) is 29.5 Å². The number of hydrogen-bond acceptors (Lipinski definition) is 2. The number of likely N-dealkylation sites (tertiary alicyclic amines) is 1. The third-order valence-corrected chi connectivity index (χ3v) is 6.22. The van der Waals surface area contributed by atoms with Crippen molar-refractivity contribution in [1.29, 1.82) is 0 Å². The van der Waals surface area contributed by atoms with Crippen LogP contribution in [0.2, 0.25) is 0 Å². The summed E-state index contributed by atoms with van der Waals surface area (Å²) in [6, 6.07) is 6.80. The van der Waals surface area contributed by atoms with Crippen LogP contribution >= 0.6 is 0 Å². The fraction of sp³-hybridized carbons (Fsp3) is 0.667. The van der Waals surface area contributed by atoms with Crippen molar-refractivity contribution >= 4 is 5.91 Å². The molecule has 0 saturated carbocycles. The number of aryl methyl sites for hydroxylation is 1. The topological polar surface area (TPSA) is 32.3 Å². The number of hydrogen-bond donors (Lipinski definition) is 1. The average molecular weight is 329 g/mol. The second kappa shape index (κ2) is 7.69. The third-order valence-electron chi connectivity index (χ3n) is 6.22. The highest BCUT2D eigenvalue weighted by Gasteiger charge is 2.32. The van der Waals surface area contributed by atoms with E-state index in [0.717, 1.165) is 32.5 Å². The lowest BCUT2D eigenvalue weighted by atomic mass is 9.85. The van der Waals surface area contributed by atoms with Crippen molar-refractivity contribution in [1.82, 2.24) is 10.2 Å². The van der Waals surface area contributed by atoms with E-state index in [4.69, 9.17) is 0 Å². The van der Waals surface area contributed by atoms with Gasteiger partial charge in [-0.05, 0) is 81.1 Å². The molecule has 1 N–H and O–H groups in total. The van der Waals surface area contributed by atoms with Crippen LogP contribution in [0.15, 0.2) is 18.2 Å². The Morgan fingerprint density at radius 1 is 1.29 bits per heavy atom. The SMILES string of the molecule is Cc1cccc(C2CCCN2C(=O)CC(C)C2CCCNC2)c1C. The highest BCUT2D eigenvalue weighted by atomic mass is 16.2. The smallest absolute Gasteiger partial charge is 0.223 e. The molecule has 24 heavy (non-hydrogen) atoms. The van der Waals surface area contributed by atoms with Crippen LogP contribution in [-0.4, -0.2) is 30.4 Å². The fourth-order valence-electron chi connectivity index (χ4n) is 4.45. The molecule has 0 aliphatic carbocycles. The Labute approximate surface area is 146 Å². The van der Waals surface area contributed by atoms with Gasteiger partial charge in [-0.1, -0.05) is 25.1 Å². The Hall–Kier alpha value is -1.35. The van der Waals surface area contributed by atoms with Crippen LogP contribution in [0.3, 0.4) is 0 Å². The lowest BCUT2D eigenvalue weighted by Crippen LogP contribution is -2.37. The zero-order chi connectivity index (χ0) is 17.1. The minimum absolute atomic E-state index is 0.286. The van der Waals surface area contributed by atoms with E-state index in [-0.39, 0.29) is 6.04 Å². The van der Waals surface area contributed by atoms with Crippen LogP contribution in [-0.2, 0) is 4.79 Å². The van der Waals surface area contributed by atoms with Crippen LogP contribution in [0.4, 0.5) is 0 Å². The van der Waals surface area contributed by atoms with E-state index < -0.39 is 0 Å². The zero-order valence-electron chi connectivity index (χ0n) is 15.5. The maximum Gasteiger partial charge on any atom is 0.223 e. The molecule has 0 radical (unpaired) electrons. The number of amides is 1. The molecule has 1 amide bonds. The molecule has 3 rings (SSSR count). The molecule has 0 bridgehead atoms. The molecule has 132 valence electrons. The van der Waals surface area contributed by atoms with Gasteiger partial charge in [0.2, 0.25) is 5.91 Å². The molecule has 3 heteroatoms. The lowest BCUT2D eigenvalue weighted by molar-refractivity contribution is -0.133. The van der Waals surface area contributed by atoms with Crippen LogP contribution < -0.4 is 5.32 Å². The molecule has 3 nitrogen and oxygen atoms in total. The van der Waals surface area contributed by atoms with Crippen molar-refractivity contribution in [2.75, 3.05) is 19.6 Å². The van der Waals surface area contributed by atoms with Crippen molar-refractivity contribution in [2.45, 2.75) is 58.9 Å². The van der Waals surface area contributed by atoms with Crippen LogP contribution in [0.5, 0.6) is 0 Å². The highest BCUT2D eigenvalue weighted by Crippen LogP contribution is 2.36. The number of carbonyl (C=O) groups is 1. The second-order valence-corrected chi connectivity index (χ2v) is 7.82. The van der Waals surface area contributed by atoms with E-state index in [9.17, 15) is 4.79 Å². The van der Waals surface area contributed by atoms with Gasteiger partial charge in [0.25, 0.3) is 0 Å². The van der Waals surface area contributed by atoms with Gasteiger partial charge in [0.1, 0.15) is 0 Å². The molecule has 2 aliphatic rings. The standard InChI is InChI=1S/C21H32N2O/c1-15-7-4-9-19(17(15)3)20-10-6-12-23(20)21(24)13-16(2)18-8-5-11-22-14-18/h4,7,9,16,18,20,22H,5-6,8,10-14H2,1-3H3. The van der Waals surface area contributed by atoms with Gasteiger partial charge in [-0.2, -0.15) is 0 Å². The summed E-state index contributed by atoms with van der Waals surface area (Å²) < 4.78 is 0. The van der Waals surface area contributed by atoms with Crippen LogP contribution in [0.25, 0.3) is 0 Å². The molecule has 2 saturated heterocycles. The van der Waals surface area contributed by atoms with E-state index in [1.54, 1.807) is 0 Å². The maximum atomic E-state index is 13.0. The van der Waals surface area contributed by atoms with Crippen molar-refractivity contribution in [3.8, 4) is 0 Å². The molecule has 2 aliphatic heterocycles. The monoisotopic (exact) mass is 328 g/mol. The van der Waals surface area contributed by atoms with Gasteiger partial charge < -0.3 is 10.2 Å². The van der Waals surface area contributed by atoms with E-state index in [2.05, 4.69) is 49.2 Å². The molecule has 2 fully saturated rings. The number of benzene rings is 1. The largest absolute Gasteiger partial charge is 0.336 e. The number of carbonyl (C=O) groups excluding carboxylic acids is 1. The second-order valence-electron chi connectivity index (χ2n) is 7.82. The number of nitrogens with one attached hydrogen (secondary N) is 1. The molecular formula is C21H32N2O. The number of rotatable bonds is 4. The average Bonchev–Trinajstić information content (AvgIpc) is 3.07. The van der Waals surface area contributed by atoms with E-state index in [0.29, 0.717) is 24.2 Å².